The van der Waals surface area contributed by atoms with Gasteiger partial charge in [-0.1, -0.05) is 0 Å². The zero-order valence-corrected chi connectivity index (χ0v) is 22.2. The molecule has 0 spiro atoms. The fourth-order valence-electron chi connectivity index (χ4n) is 5.27. The van der Waals surface area contributed by atoms with Gasteiger partial charge in [-0.05, 0) is 36.4 Å². The molecule has 41 heavy (non-hydrogen) atoms. The number of hydrogen-bond donors (Lipinski definition) is 2. The third-order valence-corrected chi connectivity index (χ3v) is 7.46. The van der Waals surface area contributed by atoms with Crippen LogP contribution in [0.15, 0.2) is 42.7 Å². The van der Waals surface area contributed by atoms with E-state index < -0.39 is 6.61 Å². The Bertz CT molecular complexity index is 1620. The molecule has 2 saturated heterocycles. The predicted octanol–water partition coefficient (Wildman–Crippen LogP) is 2.90. The minimum atomic E-state index is -0.502. The molecule has 0 bridgehead atoms. The van der Waals surface area contributed by atoms with Crippen LogP contribution in [0.1, 0.15) is 18.4 Å². The standard InChI is InChI=1S/C29H28FN7O4/c30-22-14-19(1-3-23(22)36-9-11-40-12-10-36)28-34-27-26(32-17-33-29(27)35-28)18-2-4-24(20(13-18)15-31)41-21-5-7-37(8-6-21)25(39)16-38/h1-4,13-14,17,21,38H,5-12,16H2,(H,32,33,34,35). The third kappa shape index (κ3) is 5.41. The van der Waals surface area contributed by atoms with Gasteiger partial charge in [0.25, 0.3) is 0 Å². The third-order valence-electron chi connectivity index (χ3n) is 7.46. The Morgan fingerprint density at radius 2 is 1.90 bits per heavy atom. The van der Waals surface area contributed by atoms with Gasteiger partial charge < -0.3 is 29.4 Å². The maximum absolute atomic E-state index is 15.1. The van der Waals surface area contributed by atoms with Gasteiger partial charge in [-0.3, -0.25) is 4.79 Å². The Balaban J connectivity index is 1.24. The van der Waals surface area contributed by atoms with E-state index in [1.165, 1.54) is 12.4 Å². The molecule has 210 valence electrons. The molecule has 2 aliphatic rings. The van der Waals surface area contributed by atoms with Crippen LogP contribution in [0.3, 0.4) is 0 Å². The average Bonchev–Trinajstić information content (AvgIpc) is 3.46. The number of halogens is 1. The maximum atomic E-state index is 15.1. The number of imidazole rings is 1. The van der Waals surface area contributed by atoms with Crippen molar-refractivity contribution in [3.8, 4) is 34.5 Å². The number of carbonyl (C=O) groups excluding carboxylic acids is 1. The molecule has 0 saturated carbocycles. The molecular formula is C29H28FN7O4. The quantitative estimate of drug-likeness (QED) is 0.366. The number of aromatic nitrogens is 4. The molecule has 12 heteroatoms. The Kier molecular flexibility index (Phi) is 7.45. The first-order valence-corrected chi connectivity index (χ1v) is 13.5. The lowest BCUT2D eigenvalue weighted by molar-refractivity contribution is -0.135. The van der Waals surface area contributed by atoms with Crippen molar-refractivity contribution in [1.82, 2.24) is 24.8 Å². The number of aromatic amines is 1. The van der Waals surface area contributed by atoms with E-state index in [-0.39, 0.29) is 17.8 Å². The average molecular weight is 558 g/mol. The summed E-state index contributed by atoms with van der Waals surface area (Å²) < 4.78 is 26.5. The second-order valence-corrected chi connectivity index (χ2v) is 9.95. The van der Waals surface area contributed by atoms with E-state index in [4.69, 9.17) is 14.6 Å². The smallest absolute Gasteiger partial charge is 0.248 e. The minimum absolute atomic E-state index is 0.147. The summed E-state index contributed by atoms with van der Waals surface area (Å²) in [4.78, 5) is 31.8. The molecule has 4 aromatic rings. The lowest BCUT2D eigenvalue weighted by atomic mass is 10.1. The summed E-state index contributed by atoms with van der Waals surface area (Å²) in [5.74, 6) is 0.283. The van der Waals surface area contributed by atoms with Crippen molar-refractivity contribution in [2.45, 2.75) is 18.9 Å². The van der Waals surface area contributed by atoms with E-state index in [2.05, 4.69) is 26.0 Å². The van der Waals surface area contributed by atoms with E-state index in [0.717, 1.165) is 0 Å². The highest BCUT2D eigenvalue weighted by Crippen LogP contribution is 2.32. The summed E-state index contributed by atoms with van der Waals surface area (Å²) in [6.45, 7) is 2.89. The fourth-order valence-corrected chi connectivity index (χ4v) is 5.27. The summed E-state index contributed by atoms with van der Waals surface area (Å²) in [6, 6.07) is 12.5. The Morgan fingerprint density at radius 1 is 1.12 bits per heavy atom. The van der Waals surface area contributed by atoms with Gasteiger partial charge in [0, 0.05) is 50.1 Å². The van der Waals surface area contributed by atoms with Crippen molar-refractivity contribution >= 4 is 22.8 Å². The van der Waals surface area contributed by atoms with Gasteiger partial charge in [-0.15, -0.1) is 0 Å². The number of H-pyrrole nitrogens is 1. The van der Waals surface area contributed by atoms with Gasteiger partial charge >= 0.3 is 0 Å². The highest BCUT2D eigenvalue weighted by molar-refractivity contribution is 5.89. The highest BCUT2D eigenvalue weighted by Gasteiger charge is 2.24. The second kappa shape index (κ2) is 11.5. The first kappa shape index (κ1) is 26.6. The van der Waals surface area contributed by atoms with Crippen LogP contribution in [-0.2, 0) is 9.53 Å². The molecule has 2 aromatic carbocycles. The number of carbonyl (C=O) groups is 1. The number of ether oxygens (including phenoxy) is 2. The van der Waals surface area contributed by atoms with Gasteiger partial charge in [0.15, 0.2) is 5.65 Å². The van der Waals surface area contributed by atoms with Crippen molar-refractivity contribution in [2.24, 2.45) is 0 Å². The number of nitrogens with zero attached hydrogens (tertiary/aromatic N) is 6. The van der Waals surface area contributed by atoms with Gasteiger partial charge in [0.05, 0.1) is 30.2 Å². The second-order valence-electron chi connectivity index (χ2n) is 9.95. The van der Waals surface area contributed by atoms with Crippen LogP contribution >= 0.6 is 0 Å². The predicted molar refractivity (Wildman–Crippen MR) is 148 cm³/mol. The van der Waals surface area contributed by atoms with Gasteiger partial charge in [-0.2, -0.15) is 5.26 Å². The molecule has 2 aliphatic heterocycles. The molecular weight excluding hydrogens is 529 g/mol. The number of amides is 1. The number of fused-ring (bicyclic) bond motifs is 1. The van der Waals surface area contributed by atoms with Crippen LogP contribution in [0.2, 0.25) is 0 Å². The topological polar surface area (TPSA) is 140 Å². The van der Waals surface area contributed by atoms with E-state index in [9.17, 15) is 10.1 Å². The van der Waals surface area contributed by atoms with Crippen LogP contribution in [-0.4, -0.2) is 88.0 Å². The Hall–Kier alpha value is -4.60. The number of anilines is 1. The van der Waals surface area contributed by atoms with E-state index in [0.29, 0.717) is 103 Å². The molecule has 4 heterocycles. The van der Waals surface area contributed by atoms with Crippen molar-refractivity contribution in [1.29, 1.82) is 5.26 Å². The molecule has 2 N–H and O–H groups in total. The van der Waals surface area contributed by atoms with Crippen LogP contribution in [0, 0.1) is 17.1 Å². The summed E-state index contributed by atoms with van der Waals surface area (Å²) in [5.41, 5.74) is 3.68. The summed E-state index contributed by atoms with van der Waals surface area (Å²) in [6.07, 6.45) is 2.47. The van der Waals surface area contributed by atoms with Crippen molar-refractivity contribution in [3.05, 3.63) is 54.1 Å². The fraction of sp³-hybridized carbons (Fsp3) is 0.345. The number of piperidine rings is 1. The zero-order valence-electron chi connectivity index (χ0n) is 22.2. The van der Waals surface area contributed by atoms with Crippen LogP contribution < -0.4 is 9.64 Å². The Labute approximate surface area is 235 Å². The lowest BCUT2D eigenvalue weighted by Gasteiger charge is -2.32. The molecule has 0 atom stereocenters. The summed E-state index contributed by atoms with van der Waals surface area (Å²) in [7, 11) is 0. The van der Waals surface area contributed by atoms with E-state index >= 15 is 4.39 Å². The molecule has 11 nitrogen and oxygen atoms in total. The number of nitriles is 1. The summed E-state index contributed by atoms with van der Waals surface area (Å²) in [5, 5.41) is 18.9. The van der Waals surface area contributed by atoms with Crippen molar-refractivity contribution in [2.75, 3.05) is 50.9 Å². The number of likely N-dealkylation sites (tertiary alicyclic amines) is 1. The molecule has 2 aromatic heterocycles. The first-order chi connectivity index (χ1) is 20.0. The highest BCUT2D eigenvalue weighted by atomic mass is 19.1. The van der Waals surface area contributed by atoms with Crippen molar-refractivity contribution in [3.63, 3.8) is 0 Å². The SMILES string of the molecule is N#Cc1cc(-c2ncnc3nc(-c4ccc(N5CCOCC5)c(F)c4)[nH]c23)ccc1OC1CCN(C(=O)CO)CC1. The van der Waals surface area contributed by atoms with Crippen molar-refractivity contribution < 1.29 is 23.8 Å². The molecule has 0 unspecified atom stereocenters. The number of aliphatic hydroxyl groups excluding tert-OH is 1. The largest absolute Gasteiger partial charge is 0.489 e. The number of hydrogen-bond acceptors (Lipinski definition) is 9. The van der Waals surface area contributed by atoms with E-state index in [1.807, 2.05) is 17.0 Å². The van der Waals surface area contributed by atoms with Crippen LogP contribution in [0.5, 0.6) is 5.75 Å². The number of rotatable bonds is 6. The molecule has 2 fully saturated rings. The van der Waals surface area contributed by atoms with E-state index in [1.54, 1.807) is 23.1 Å². The van der Waals surface area contributed by atoms with Crippen LogP contribution in [0.4, 0.5) is 10.1 Å². The number of benzene rings is 2. The summed E-state index contributed by atoms with van der Waals surface area (Å²) >= 11 is 0. The zero-order chi connectivity index (χ0) is 28.3. The first-order valence-electron chi connectivity index (χ1n) is 13.5. The van der Waals surface area contributed by atoms with Crippen LogP contribution in [0.25, 0.3) is 33.8 Å². The maximum Gasteiger partial charge on any atom is 0.248 e. The number of nitrogens with one attached hydrogen (secondary N) is 1. The van der Waals surface area contributed by atoms with Gasteiger partial charge in [0.1, 0.15) is 48.0 Å². The number of morpholine rings is 1. The molecule has 0 radical (unpaired) electrons. The molecule has 6 rings (SSSR count). The molecule has 0 aliphatic carbocycles. The van der Waals surface area contributed by atoms with Gasteiger partial charge in [0.2, 0.25) is 5.91 Å². The van der Waals surface area contributed by atoms with Gasteiger partial charge in [-0.25, -0.2) is 19.3 Å². The Morgan fingerprint density at radius 3 is 2.63 bits per heavy atom. The normalized spacial score (nSPS) is 16.1. The monoisotopic (exact) mass is 557 g/mol. The lowest BCUT2D eigenvalue weighted by Crippen LogP contribution is -2.42. The molecule has 1 amide bonds. The number of aliphatic hydroxyl groups is 1. The minimum Gasteiger partial charge on any atom is -0.489 e.